The number of benzene rings is 2. The molecule has 0 heterocycles. The number of nitrogens with zero attached hydrogens (tertiary/aromatic N) is 2. The highest BCUT2D eigenvalue weighted by molar-refractivity contribution is 6.32. The molecular weight excluding hydrogens is 371 g/mol. The molecule has 1 amide bonds. The Bertz CT molecular complexity index is 859. The first kappa shape index (κ1) is 20.0. The number of halogens is 2. The van der Waals surface area contributed by atoms with Crippen molar-refractivity contribution in [3.63, 3.8) is 0 Å². The molecule has 134 valence electrons. The lowest BCUT2D eigenvalue weighted by atomic mass is 9.98. The van der Waals surface area contributed by atoms with E-state index < -0.39 is 0 Å². The van der Waals surface area contributed by atoms with Crippen molar-refractivity contribution in [3.05, 3.63) is 64.2 Å². The predicted molar refractivity (Wildman–Crippen MR) is 104 cm³/mol. The zero-order chi connectivity index (χ0) is 19.1. The van der Waals surface area contributed by atoms with Crippen LogP contribution in [0.1, 0.15) is 34.3 Å². The maximum Gasteiger partial charge on any atom is 0.241 e. The minimum absolute atomic E-state index is 0.179. The van der Waals surface area contributed by atoms with E-state index in [4.69, 9.17) is 28.5 Å². The summed E-state index contributed by atoms with van der Waals surface area (Å²) in [6.07, 6.45) is 1.94. The van der Waals surface area contributed by atoms with Crippen LogP contribution in [0.3, 0.4) is 0 Å². The third-order valence-electron chi connectivity index (χ3n) is 4.00. The summed E-state index contributed by atoms with van der Waals surface area (Å²) in [5, 5.41) is 9.06. The molecule has 0 aliphatic rings. The third-order valence-corrected chi connectivity index (χ3v) is 4.46. The molecule has 2 aromatic carbocycles. The zero-order valence-corrected chi connectivity index (χ0v) is 15.8. The fourth-order valence-corrected chi connectivity index (χ4v) is 2.95. The first-order valence-electron chi connectivity index (χ1n) is 8.10. The predicted octanol–water partition coefficient (Wildman–Crippen LogP) is 4.62. The molecule has 0 aliphatic heterocycles. The summed E-state index contributed by atoms with van der Waals surface area (Å²) in [6, 6.07) is 14.2. The zero-order valence-electron chi connectivity index (χ0n) is 14.3. The van der Waals surface area contributed by atoms with Crippen LogP contribution in [-0.2, 0) is 11.2 Å². The van der Waals surface area contributed by atoms with Crippen molar-refractivity contribution in [1.29, 1.82) is 5.26 Å². The average Bonchev–Trinajstić information content (AvgIpc) is 2.66. The molecule has 6 heteroatoms. The van der Waals surface area contributed by atoms with Crippen molar-refractivity contribution < 1.29 is 9.59 Å². The summed E-state index contributed by atoms with van der Waals surface area (Å²) in [7, 11) is 1.57. The number of hydrogen-bond donors (Lipinski definition) is 0. The normalized spacial score (nSPS) is 10.2. The highest BCUT2D eigenvalue weighted by atomic mass is 35.5. The van der Waals surface area contributed by atoms with Crippen LogP contribution < -0.4 is 4.90 Å². The van der Waals surface area contributed by atoms with E-state index in [1.165, 1.54) is 4.90 Å². The Kier molecular flexibility index (Phi) is 7.20. The number of carbonyl (C=O) groups excluding carboxylic acids is 2. The number of carbonyl (C=O) groups is 2. The van der Waals surface area contributed by atoms with Gasteiger partial charge in [0, 0.05) is 29.6 Å². The molecule has 4 nitrogen and oxygen atoms in total. The summed E-state index contributed by atoms with van der Waals surface area (Å²) in [5.41, 5.74) is 2.29. The molecular formula is C20H18Cl2N2O2. The number of amides is 1. The van der Waals surface area contributed by atoms with Crippen molar-refractivity contribution >= 4 is 40.6 Å². The van der Waals surface area contributed by atoms with Crippen molar-refractivity contribution in [3.8, 4) is 6.07 Å². The van der Waals surface area contributed by atoms with Gasteiger partial charge in [0.1, 0.15) is 5.88 Å². The largest absolute Gasteiger partial charge is 0.314 e. The Balaban J connectivity index is 2.37. The lowest BCUT2D eigenvalue weighted by Crippen LogP contribution is -2.28. The smallest absolute Gasteiger partial charge is 0.241 e. The molecule has 0 bridgehead atoms. The summed E-state index contributed by atoms with van der Waals surface area (Å²) in [6.45, 7) is 0. The maximum absolute atomic E-state index is 13.0. The Labute approximate surface area is 162 Å². The van der Waals surface area contributed by atoms with Crippen molar-refractivity contribution in [2.24, 2.45) is 0 Å². The molecule has 0 atom stereocenters. The molecule has 0 radical (unpaired) electrons. The topological polar surface area (TPSA) is 61.2 Å². The van der Waals surface area contributed by atoms with Crippen molar-refractivity contribution in [1.82, 2.24) is 0 Å². The summed E-state index contributed by atoms with van der Waals surface area (Å²) in [5.74, 6) is -0.714. The van der Waals surface area contributed by atoms with Crippen LogP contribution in [0.2, 0.25) is 5.02 Å². The van der Waals surface area contributed by atoms with Crippen LogP contribution in [0.4, 0.5) is 5.69 Å². The number of rotatable bonds is 7. The van der Waals surface area contributed by atoms with Gasteiger partial charge in [0.25, 0.3) is 0 Å². The monoisotopic (exact) mass is 388 g/mol. The van der Waals surface area contributed by atoms with Gasteiger partial charge in [-0.1, -0.05) is 29.8 Å². The van der Waals surface area contributed by atoms with Crippen LogP contribution in [0.15, 0.2) is 42.5 Å². The highest BCUT2D eigenvalue weighted by Crippen LogP contribution is 2.27. The number of anilines is 1. The van der Waals surface area contributed by atoms with Gasteiger partial charge in [0.05, 0.1) is 11.8 Å². The lowest BCUT2D eigenvalue weighted by molar-refractivity contribution is -0.116. The average molecular weight is 389 g/mol. The SMILES string of the molecule is CN(C(=O)CCl)c1ccc(Cl)cc1C(=O)c1cccc(CCCC#N)c1. The Hall–Kier alpha value is -2.35. The van der Waals surface area contributed by atoms with Crippen molar-refractivity contribution in [2.75, 3.05) is 17.8 Å². The number of ketones is 1. The van der Waals surface area contributed by atoms with Crippen molar-refractivity contribution in [2.45, 2.75) is 19.3 Å². The van der Waals surface area contributed by atoms with E-state index in [0.717, 1.165) is 18.4 Å². The lowest BCUT2D eigenvalue weighted by Gasteiger charge is -2.19. The van der Waals surface area contributed by atoms with E-state index in [9.17, 15) is 9.59 Å². The molecule has 2 rings (SSSR count). The molecule has 0 saturated carbocycles. The van der Waals surface area contributed by atoms with Gasteiger partial charge in [-0.05, 0) is 42.7 Å². The Morgan fingerprint density at radius 3 is 2.65 bits per heavy atom. The first-order chi connectivity index (χ1) is 12.5. The van der Waals surface area contributed by atoms with Gasteiger partial charge in [-0.25, -0.2) is 0 Å². The molecule has 0 aliphatic carbocycles. The highest BCUT2D eigenvalue weighted by Gasteiger charge is 2.20. The van der Waals surface area contributed by atoms with Gasteiger partial charge in [-0.15, -0.1) is 11.6 Å². The van der Waals surface area contributed by atoms with Crippen LogP contribution in [0, 0.1) is 11.3 Å². The molecule has 0 aromatic heterocycles. The molecule has 0 spiro atoms. The minimum atomic E-state index is -0.312. The number of aryl methyl sites for hydroxylation is 1. The molecule has 2 aromatic rings. The van der Waals surface area contributed by atoms with E-state index in [0.29, 0.717) is 28.3 Å². The van der Waals surface area contributed by atoms with Crippen LogP contribution in [0.5, 0.6) is 0 Å². The Morgan fingerprint density at radius 2 is 1.96 bits per heavy atom. The molecule has 26 heavy (non-hydrogen) atoms. The fraction of sp³-hybridized carbons (Fsp3) is 0.250. The summed E-state index contributed by atoms with van der Waals surface area (Å²) < 4.78 is 0. The molecule has 0 N–H and O–H groups in total. The van der Waals surface area contributed by atoms with Crippen LogP contribution >= 0.6 is 23.2 Å². The number of hydrogen-bond acceptors (Lipinski definition) is 3. The first-order valence-corrected chi connectivity index (χ1v) is 9.02. The van der Waals surface area contributed by atoms with Crippen LogP contribution in [-0.4, -0.2) is 24.6 Å². The fourth-order valence-electron chi connectivity index (χ4n) is 2.60. The number of alkyl halides is 1. The second-order valence-corrected chi connectivity index (χ2v) is 6.49. The van der Waals surface area contributed by atoms with E-state index in [-0.39, 0.29) is 17.6 Å². The van der Waals surface area contributed by atoms with Gasteiger partial charge in [0.2, 0.25) is 5.91 Å². The maximum atomic E-state index is 13.0. The summed E-state index contributed by atoms with van der Waals surface area (Å²) in [4.78, 5) is 26.3. The van der Waals surface area contributed by atoms with Gasteiger partial charge < -0.3 is 4.90 Å². The standard InChI is InChI=1S/C20H18Cl2N2O2/c1-24(19(25)13-21)18-9-8-16(22)12-17(18)20(26)15-7-4-6-14(11-15)5-2-3-10-23/h4,6-9,11-12H,2-3,5,13H2,1H3. The second kappa shape index (κ2) is 9.38. The molecule has 0 unspecified atom stereocenters. The van der Waals surface area contributed by atoms with E-state index in [2.05, 4.69) is 6.07 Å². The second-order valence-electron chi connectivity index (χ2n) is 5.79. The third kappa shape index (κ3) is 4.85. The van der Waals surface area contributed by atoms with E-state index in [1.807, 2.05) is 18.2 Å². The number of unbranched alkanes of at least 4 members (excludes halogenated alkanes) is 1. The summed E-state index contributed by atoms with van der Waals surface area (Å²) >= 11 is 11.7. The van der Waals surface area contributed by atoms with Gasteiger partial charge in [0.15, 0.2) is 5.78 Å². The van der Waals surface area contributed by atoms with Gasteiger partial charge in [-0.2, -0.15) is 5.26 Å². The van der Waals surface area contributed by atoms with E-state index in [1.54, 1.807) is 31.3 Å². The molecule has 0 saturated heterocycles. The van der Waals surface area contributed by atoms with E-state index >= 15 is 0 Å². The minimum Gasteiger partial charge on any atom is -0.314 e. The van der Waals surface area contributed by atoms with Crippen LogP contribution in [0.25, 0.3) is 0 Å². The van der Waals surface area contributed by atoms with Gasteiger partial charge in [-0.3, -0.25) is 9.59 Å². The van der Waals surface area contributed by atoms with Gasteiger partial charge >= 0.3 is 0 Å². The molecule has 0 fully saturated rings. The quantitative estimate of drug-likeness (QED) is 0.394. The Morgan fingerprint density at radius 1 is 1.19 bits per heavy atom. The number of nitriles is 1.